The molecule has 9 heteroatoms. The third-order valence-electron chi connectivity index (χ3n) is 4.96. The van der Waals surface area contributed by atoms with Crippen molar-refractivity contribution in [2.75, 3.05) is 79.8 Å². The van der Waals surface area contributed by atoms with Crippen LogP contribution in [0.2, 0.25) is 0 Å². The lowest BCUT2D eigenvalue weighted by atomic mass is 9.68. The Kier molecular flexibility index (Phi) is 13.0. The Bertz CT molecular complexity index is 558. The number of hydrogen-bond acceptors (Lipinski definition) is 9. The fraction of sp³-hybridized carbons (Fsp3) is 0.810. The van der Waals surface area contributed by atoms with Crippen LogP contribution in [0.4, 0.5) is 0 Å². The minimum atomic E-state index is -0.122. The van der Waals surface area contributed by atoms with Crippen molar-refractivity contribution >= 4 is 0 Å². The van der Waals surface area contributed by atoms with E-state index in [1.807, 2.05) is 0 Å². The van der Waals surface area contributed by atoms with E-state index in [-0.39, 0.29) is 12.0 Å². The Morgan fingerprint density at radius 1 is 0.833 bits per heavy atom. The van der Waals surface area contributed by atoms with Crippen LogP contribution in [-0.2, 0) is 40.4 Å². The predicted octanol–water partition coefficient (Wildman–Crippen LogP) is 1.12. The molecule has 9 nitrogen and oxygen atoms in total. The van der Waals surface area contributed by atoms with Crippen LogP contribution in [-0.4, -0.2) is 94.9 Å². The first-order chi connectivity index (χ1) is 14.8. The molecular formula is C21H36N2O7. The van der Waals surface area contributed by atoms with Crippen LogP contribution in [0, 0.1) is 0 Å². The summed E-state index contributed by atoms with van der Waals surface area (Å²) in [5.41, 5.74) is 0.527. The molecule has 0 saturated heterocycles. The van der Waals surface area contributed by atoms with E-state index in [0.29, 0.717) is 78.4 Å². The summed E-state index contributed by atoms with van der Waals surface area (Å²) in [5.74, 6) is 0.776. The van der Waals surface area contributed by atoms with E-state index in [0.717, 1.165) is 25.1 Å². The molecule has 1 aliphatic carbocycles. The monoisotopic (exact) mass is 428 g/mol. The van der Waals surface area contributed by atoms with Crippen molar-refractivity contribution in [2.45, 2.75) is 31.3 Å². The summed E-state index contributed by atoms with van der Waals surface area (Å²) < 4.78 is 32.4. The minimum Gasteiger partial charge on any atom is -0.390 e. The van der Waals surface area contributed by atoms with Gasteiger partial charge in [0.15, 0.2) is 0 Å². The molecule has 0 unspecified atom stereocenters. The molecule has 1 aromatic heterocycles. The number of hydrogen-bond donors (Lipinski definition) is 1. The number of aliphatic hydroxyl groups is 1. The van der Waals surface area contributed by atoms with Crippen molar-refractivity contribution in [2.24, 2.45) is 0 Å². The molecule has 2 rings (SSSR count). The maximum Gasteiger partial charge on any atom is 0.137 e. The van der Waals surface area contributed by atoms with Crippen LogP contribution in [0.5, 0.6) is 0 Å². The van der Waals surface area contributed by atoms with Crippen molar-refractivity contribution in [3.63, 3.8) is 0 Å². The van der Waals surface area contributed by atoms with Gasteiger partial charge in [-0.3, -0.25) is 0 Å². The Labute approximate surface area is 179 Å². The first-order valence-electron chi connectivity index (χ1n) is 10.6. The molecule has 0 bridgehead atoms. The van der Waals surface area contributed by atoms with Crippen molar-refractivity contribution in [1.29, 1.82) is 0 Å². The third kappa shape index (κ3) is 9.30. The molecule has 1 aromatic rings. The van der Waals surface area contributed by atoms with Gasteiger partial charge < -0.3 is 33.5 Å². The summed E-state index contributed by atoms with van der Waals surface area (Å²) in [4.78, 5) is 8.87. The summed E-state index contributed by atoms with van der Waals surface area (Å²) >= 11 is 0. The van der Waals surface area contributed by atoms with E-state index in [1.165, 1.54) is 0 Å². The van der Waals surface area contributed by atoms with Crippen molar-refractivity contribution in [1.82, 2.24) is 9.97 Å². The number of ether oxygens (including phenoxy) is 6. The van der Waals surface area contributed by atoms with E-state index < -0.39 is 0 Å². The van der Waals surface area contributed by atoms with Gasteiger partial charge in [-0.2, -0.15) is 0 Å². The number of nitrogens with zero attached hydrogens (tertiary/aromatic N) is 2. The van der Waals surface area contributed by atoms with E-state index in [2.05, 4.69) is 9.97 Å². The highest BCUT2D eigenvalue weighted by Crippen LogP contribution is 2.42. The highest BCUT2D eigenvalue weighted by atomic mass is 16.6. The zero-order valence-corrected chi connectivity index (χ0v) is 18.1. The molecular weight excluding hydrogens is 392 g/mol. The highest BCUT2D eigenvalue weighted by Gasteiger charge is 2.41. The van der Waals surface area contributed by atoms with Crippen LogP contribution < -0.4 is 0 Å². The lowest BCUT2D eigenvalue weighted by molar-refractivity contribution is -0.0231. The fourth-order valence-corrected chi connectivity index (χ4v) is 3.07. The SMILES string of the molecule is COCCOCCOCCOCCOCCOCC1(c2nccc(CO)n2)CCC1. The zero-order chi connectivity index (χ0) is 21.3. The summed E-state index contributed by atoms with van der Waals surface area (Å²) in [7, 11) is 1.65. The molecule has 1 fully saturated rings. The van der Waals surface area contributed by atoms with Gasteiger partial charge in [0.25, 0.3) is 0 Å². The van der Waals surface area contributed by atoms with Gasteiger partial charge in [-0.25, -0.2) is 9.97 Å². The second-order valence-corrected chi connectivity index (χ2v) is 7.16. The Morgan fingerprint density at radius 2 is 1.37 bits per heavy atom. The second-order valence-electron chi connectivity index (χ2n) is 7.16. The molecule has 1 heterocycles. The molecule has 1 aliphatic rings. The van der Waals surface area contributed by atoms with Gasteiger partial charge in [0.1, 0.15) is 5.82 Å². The Morgan fingerprint density at radius 3 is 1.83 bits per heavy atom. The number of rotatable bonds is 19. The molecule has 0 aliphatic heterocycles. The predicted molar refractivity (Wildman–Crippen MR) is 109 cm³/mol. The summed E-state index contributed by atoms with van der Waals surface area (Å²) in [6, 6.07) is 1.73. The average molecular weight is 429 g/mol. The van der Waals surface area contributed by atoms with Crippen LogP contribution in [0.3, 0.4) is 0 Å². The van der Waals surface area contributed by atoms with E-state index >= 15 is 0 Å². The standard InChI is InChI=1S/C21H36N2O7/c1-25-7-8-26-9-10-27-11-12-28-13-14-29-15-16-30-18-21(4-2-5-21)20-22-6-3-19(17-24)23-20/h3,6,24H,2,4-5,7-18H2,1H3. The second kappa shape index (κ2) is 15.6. The fourth-order valence-electron chi connectivity index (χ4n) is 3.07. The minimum absolute atomic E-state index is 0.0716. The third-order valence-corrected chi connectivity index (χ3v) is 4.96. The van der Waals surface area contributed by atoms with Crippen molar-refractivity contribution in [3.05, 3.63) is 23.8 Å². The largest absolute Gasteiger partial charge is 0.390 e. The lowest BCUT2D eigenvalue weighted by Crippen LogP contribution is -2.41. The van der Waals surface area contributed by atoms with Crippen LogP contribution in [0.15, 0.2) is 12.3 Å². The smallest absolute Gasteiger partial charge is 0.137 e. The topological polar surface area (TPSA) is 101 Å². The molecule has 172 valence electrons. The van der Waals surface area contributed by atoms with Gasteiger partial charge in [-0.1, -0.05) is 6.42 Å². The highest BCUT2D eigenvalue weighted by molar-refractivity contribution is 5.15. The summed E-state index contributed by atoms with van der Waals surface area (Å²) in [6.07, 6.45) is 4.88. The molecule has 0 amide bonds. The number of aliphatic hydroxyl groups excluding tert-OH is 1. The zero-order valence-electron chi connectivity index (χ0n) is 18.1. The maximum absolute atomic E-state index is 9.28. The molecule has 30 heavy (non-hydrogen) atoms. The van der Waals surface area contributed by atoms with Gasteiger partial charge in [-0.15, -0.1) is 0 Å². The number of methoxy groups -OCH3 is 1. The maximum atomic E-state index is 9.28. The lowest BCUT2D eigenvalue weighted by Gasteiger charge is -2.40. The summed E-state index contributed by atoms with van der Waals surface area (Å²) in [6.45, 7) is 5.98. The van der Waals surface area contributed by atoms with Crippen LogP contribution in [0.25, 0.3) is 0 Å². The van der Waals surface area contributed by atoms with Crippen LogP contribution >= 0.6 is 0 Å². The first kappa shape index (κ1) is 25.1. The van der Waals surface area contributed by atoms with E-state index in [9.17, 15) is 5.11 Å². The molecule has 0 radical (unpaired) electrons. The van der Waals surface area contributed by atoms with Crippen LogP contribution in [0.1, 0.15) is 30.8 Å². The summed E-state index contributed by atoms with van der Waals surface area (Å²) in [5, 5.41) is 9.28. The molecule has 0 spiro atoms. The molecule has 1 N–H and O–H groups in total. The first-order valence-corrected chi connectivity index (χ1v) is 10.6. The van der Waals surface area contributed by atoms with Gasteiger partial charge in [0, 0.05) is 13.3 Å². The Hall–Kier alpha value is -1.20. The average Bonchev–Trinajstić information content (AvgIpc) is 2.75. The van der Waals surface area contributed by atoms with Crippen molar-refractivity contribution in [3.8, 4) is 0 Å². The molecule has 0 atom stereocenters. The van der Waals surface area contributed by atoms with Gasteiger partial charge in [0.2, 0.25) is 0 Å². The van der Waals surface area contributed by atoms with E-state index in [4.69, 9.17) is 28.4 Å². The number of aromatic nitrogens is 2. The normalized spacial score (nSPS) is 15.3. The van der Waals surface area contributed by atoms with Gasteiger partial charge in [-0.05, 0) is 18.9 Å². The van der Waals surface area contributed by atoms with Gasteiger partial charge >= 0.3 is 0 Å². The van der Waals surface area contributed by atoms with Crippen molar-refractivity contribution < 1.29 is 33.5 Å². The quantitative estimate of drug-likeness (QED) is 0.325. The molecule has 0 aromatic carbocycles. The van der Waals surface area contributed by atoms with Gasteiger partial charge in [0.05, 0.1) is 90.4 Å². The van der Waals surface area contributed by atoms with E-state index in [1.54, 1.807) is 19.4 Å². The molecule has 1 saturated carbocycles. The Balaban J connectivity index is 1.41.